The molecule has 0 aliphatic rings. The summed E-state index contributed by atoms with van der Waals surface area (Å²) in [7, 11) is 0. The summed E-state index contributed by atoms with van der Waals surface area (Å²) in [6.45, 7) is 0. The number of aromatic nitrogens is 1. The summed E-state index contributed by atoms with van der Waals surface area (Å²) < 4.78 is 32.3. The molecular formula is C15H7F2NO2. The van der Waals surface area contributed by atoms with Gasteiger partial charge < -0.3 is 9.40 Å². The minimum atomic E-state index is -0.981. The summed E-state index contributed by atoms with van der Waals surface area (Å²) >= 11 is 0. The summed E-state index contributed by atoms with van der Waals surface area (Å²) in [5.41, 5.74) is 0.223. The molecule has 98 valence electrons. The Morgan fingerprint density at radius 3 is 2.45 bits per heavy atom. The minimum absolute atomic E-state index is 0.000460. The van der Waals surface area contributed by atoms with Crippen molar-refractivity contribution in [3.05, 3.63) is 58.5 Å². The Morgan fingerprint density at radius 1 is 0.900 bits per heavy atom. The molecule has 0 radical (unpaired) electrons. The molecule has 0 atom stereocenters. The second-order valence-electron chi connectivity index (χ2n) is 4.55. The number of hydrogen-bond donors (Lipinski definition) is 1. The van der Waals surface area contributed by atoms with Gasteiger partial charge in [-0.2, -0.15) is 0 Å². The fraction of sp³-hybridized carbons (Fsp3) is 0. The second-order valence-corrected chi connectivity index (χ2v) is 4.55. The Hall–Kier alpha value is -2.69. The van der Waals surface area contributed by atoms with Crippen molar-refractivity contribution in [2.24, 2.45) is 0 Å². The predicted molar refractivity (Wildman–Crippen MR) is 71.8 cm³/mol. The average molecular weight is 271 g/mol. The minimum Gasteiger partial charge on any atom is -0.420 e. The lowest BCUT2D eigenvalue weighted by atomic mass is 10.1. The van der Waals surface area contributed by atoms with Crippen LogP contribution in [0.4, 0.5) is 8.78 Å². The SMILES string of the molecule is O=c1oc2c3ccc(F)c(F)c3[nH]c2c2ccccc12. The fourth-order valence-corrected chi connectivity index (χ4v) is 2.50. The molecule has 0 bridgehead atoms. The zero-order valence-corrected chi connectivity index (χ0v) is 10.0. The van der Waals surface area contributed by atoms with E-state index in [1.54, 1.807) is 24.3 Å². The van der Waals surface area contributed by atoms with Crippen LogP contribution in [0.15, 0.2) is 45.6 Å². The van der Waals surface area contributed by atoms with Crippen LogP contribution in [-0.2, 0) is 0 Å². The van der Waals surface area contributed by atoms with Gasteiger partial charge in [-0.15, -0.1) is 0 Å². The fourth-order valence-electron chi connectivity index (χ4n) is 2.50. The number of H-pyrrole nitrogens is 1. The van der Waals surface area contributed by atoms with E-state index in [1.807, 2.05) is 0 Å². The highest BCUT2D eigenvalue weighted by molar-refractivity contribution is 6.13. The number of benzene rings is 2. The van der Waals surface area contributed by atoms with Crippen LogP contribution in [0.1, 0.15) is 0 Å². The van der Waals surface area contributed by atoms with Crippen LogP contribution in [0.5, 0.6) is 0 Å². The molecule has 3 nitrogen and oxygen atoms in total. The Balaban J connectivity index is 2.36. The van der Waals surface area contributed by atoms with Gasteiger partial charge in [0.15, 0.2) is 17.2 Å². The molecular weight excluding hydrogens is 264 g/mol. The summed E-state index contributed by atoms with van der Waals surface area (Å²) in [4.78, 5) is 14.7. The van der Waals surface area contributed by atoms with Gasteiger partial charge in [0.25, 0.3) is 0 Å². The van der Waals surface area contributed by atoms with Gasteiger partial charge in [-0.1, -0.05) is 18.2 Å². The summed E-state index contributed by atoms with van der Waals surface area (Å²) in [6.07, 6.45) is 0. The van der Waals surface area contributed by atoms with E-state index in [2.05, 4.69) is 4.98 Å². The monoisotopic (exact) mass is 271 g/mol. The van der Waals surface area contributed by atoms with Crippen molar-refractivity contribution in [2.45, 2.75) is 0 Å². The number of fused-ring (bicyclic) bond motifs is 5. The normalized spacial score (nSPS) is 11.7. The number of halogens is 2. The van der Waals surface area contributed by atoms with E-state index in [-0.39, 0.29) is 11.1 Å². The lowest BCUT2D eigenvalue weighted by Gasteiger charge is -1.97. The third-order valence-corrected chi connectivity index (χ3v) is 3.43. The third-order valence-electron chi connectivity index (χ3n) is 3.43. The average Bonchev–Trinajstić information content (AvgIpc) is 2.83. The Kier molecular flexibility index (Phi) is 2.04. The molecule has 4 rings (SSSR count). The van der Waals surface area contributed by atoms with Gasteiger partial charge >= 0.3 is 5.63 Å². The largest absolute Gasteiger partial charge is 0.420 e. The second kappa shape index (κ2) is 3.66. The molecule has 0 amide bonds. The first kappa shape index (κ1) is 11.2. The number of nitrogens with one attached hydrogen (secondary N) is 1. The molecule has 4 aromatic rings. The number of hydrogen-bond acceptors (Lipinski definition) is 2. The van der Waals surface area contributed by atoms with Crippen molar-refractivity contribution in [2.75, 3.05) is 0 Å². The van der Waals surface area contributed by atoms with Gasteiger partial charge in [0.2, 0.25) is 0 Å². The van der Waals surface area contributed by atoms with E-state index in [1.165, 1.54) is 6.07 Å². The van der Waals surface area contributed by atoms with Crippen LogP contribution in [0, 0.1) is 11.6 Å². The van der Waals surface area contributed by atoms with Crippen LogP contribution in [0.25, 0.3) is 32.8 Å². The molecule has 2 aromatic carbocycles. The van der Waals surface area contributed by atoms with Crippen LogP contribution in [0.2, 0.25) is 0 Å². The maximum absolute atomic E-state index is 13.8. The van der Waals surface area contributed by atoms with Crippen molar-refractivity contribution < 1.29 is 13.2 Å². The van der Waals surface area contributed by atoms with Crippen LogP contribution in [-0.4, -0.2) is 4.98 Å². The molecule has 2 aromatic heterocycles. The van der Waals surface area contributed by atoms with Gasteiger partial charge in [-0.25, -0.2) is 13.6 Å². The Bertz CT molecular complexity index is 1050. The first-order valence-corrected chi connectivity index (χ1v) is 5.98. The van der Waals surface area contributed by atoms with E-state index in [9.17, 15) is 13.6 Å². The Morgan fingerprint density at radius 2 is 1.65 bits per heavy atom. The van der Waals surface area contributed by atoms with E-state index in [4.69, 9.17) is 4.42 Å². The molecule has 0 unspecified atom stereocenters. The first-order valence-electron chi connectivity index (χ1n) is 5.98. The smallest absolute Gasteiger partial charge is 0.344 e. The third kappa shape index (κ3) is 1.29. The zero-order valence-electron chi connectivity index (χ0n) is 10.0. The molecule has 0 saturated carbocycles. The van der Waals surface area contributed by atoms with E-state index < -0.39 is 17.3 Å². The van der Waals surface area contributed by atoms with Gasteiger partial charge in [0.1, 0.15) is 0 Å². The highest BCUT2D eigenvalue weighted by Gasteiger charge is 2.16. The maximum atomic E-state index is 13.8. The predicted octanol–water partition coefficient (Wildman–Crippen LogP) is 3.71. The van der Waals surface area contributed by atoms with Crippen molar-refractivity contribution in [1.29, 1.82) is 0 Å². The first-order chi connectivity index (χ1) is 9.66. The van der Waals surface area contributed by atoms with E-state index >= 15 is 0 Å². The quantitative estimate of drug-likeness (QED) is 0.530. The molecule has 2 heterocycles. The van der Waals surface area contributed by atoms with E-state index in [0.717, 1.165) is 6.07 Å². The summed E-state index contributed by atoms with van der Waals surface area (Å²) in [5.74, 6) is -1.93. The van der Waals surface area contributed by atoms with Crippen molar-refractivity contribution in [1.82, 2.24) is 4.98 Å². The molecule has 0 aliphatic heterocycles. The van der Waals surface area contributed by atoms with Gasteiger partial charge in [-0.05, 0) is 18.2 Å². The van der Waals surface area contributed by atoms with Crippen LogP contribution < -0.4 is 5.63 Å². The zero-order chi connectivity index (χ0) is 13.9. The highest BCUT2D eigenvalue weighted by atomic mass is 19.2. The topological polar surface area (TPSA) is 46.0 Å². The Labute approximate surface area is 110 Å². The lowest BCUT2D eigenvalue weighted by Crippen LogP contribution is -1.98. The molecule has 5 heteroatoms. The number of aromatic amines is 1. The van der Waals surface area contributed by atoms with Gasteiger partial charge in [-0.3, -0.25) is 0 Å². The highest BCUT2D eigenvalue weighted by Crippen LogP contribution is 2.31. The van der Waals surface area contributed by atoms with Crippen molar-refractivity contribution >= 4 is 32.8 Å². The lowest BCUT2D eigenvalue weighted by molar-refractivity contribution is 0.515. The molecule has 0 fully saturated rings. The molecule has 0 saturated heterocycles. The molecule has 20 heavy (non-hydrogen) atoms. The summed E-state index contributed by atoms with van der Waals surface area (Å²) in [6, 6.07) is 9.25. The van der Waals surface area contributed by atoms with Crippen LogP contribution >= 0.6 is 0 Å². The number of rotatable bonds is 0. The van der Waals surface area contributed by atoms with Crippen LogP contribution in [0.3, 0.4) is 0 Å². The van der Waals surface area contributed by atoms with Crippen molar-refractivity contribution in [3.8, 4) is 0 Å². The molecule has 0 spiro atoms. The standard InChI is InChI=1S/C15H7F2NO2/c16-10-6-5-9-12(11(10)17)18-13-7-3-1-2-4-8(7)15(19)20-14(9)13/h1-6,18H. The molecule has 0 aliphatic carbocycles. The van der Waals surface area contributed by atoms with Gasteiger partial charge in [0.05, 0.1) is 16.4 Å². The van der Waals surface area contributed by atoms with Crippen molar-refractivity contribution in [3.63, 3.8) is 0 Å². The van der Waals surface area contributed by atoms with Gasteiger partial charge in [0, 0.05) is 10.8 Å². The van der Waals surface area contributed by atoms with E-state index in [0.29, 0.717) is 21.7 Å². The molecule has 1 N–H and O–H groups in total. The maximum Gasteiger partial charge on any atom is 0.344 e. The summed E-state index contributed by atoms with van der Waals surface area (Å²) in [5, 5.41) is 1.36.